The zero-order valence-electron chi connectivity index (χ0n) is 31.7. The summed E-state index contributed by atoms with van der Waals surface area (Å²) in [6.07, 6.45) is 0.681. The van der Waals surface area contributed by atoms with Crippen LogP contribution in [0.3, 0.4) is 0 Å². The van der Waals surface area contributed by atoms with Crippen LogP contribution in [0.2, 0.25) is 0 Å². The van der Waals surface area contributed by atoms with E-state index in [2.05, 4.69) is 25.8 Å². The van der Waals surface area contributed by atoms with E-state index in [1.54, 1.807) is 13.2 Å². The highest BCUT2D eigenvalue weighted by Crippen LogP contribution is 2.72. The maximum Gasteiger partial charge on any atom is 0.335 e. The number of nitrogens with zero attached hydrogens (tertiary/aromatic N) is 1. The lowest BCUT2D eigenvalue weighted by Gasteiger charge is -2.62. The van der Waals surface area contributed by atoms with Crippen molar-refractivity contribution in [2.75, 3.05) is 47.1 Å². The molecule has 0 aromatic heterocycles. The Labute approximate surface area is 316 Å². The lowest BCUT2D eigenvalue weighted by Crippen LogP contribution is -2.64. The SMILES string of the molecule is CO[C@]1(C(C)C)CC[C@]2(CO1)[C@@H]1CCC3=C4[C@H](CC3)[C@H](C(=O)O[C@@H]3[C@@H](O)[C@H](O[C@@H]5OC=C(C(=O)O)[C@H]6CC=C(CO)[C@@H]56)O[C@H](CO)[C@H]3O)C[C@@]42CN(C)C1. The number of esters is 1. The molecule has 14 heteroatoms. The molecule has 8 rings (SSSR count). The number of hydrogen-bond donors (Lipinski definition) is 5. The average molecular weight is 760 g/mol. The second-order valence-corrected chi connectivity index (χ2v) is 17.5. The highest BCUT2D eigenvalue weighted by Gasteiger charge is 2.70. The van der Waals surface area contributed by atoms with Gasteiger partial charge in [-0.05, 0) is 69.4 Å². The largest absolute Gasteiger partial charge is 0.478 e. The fraction of sp³-hybridized carbons (Fsp3) is 0.800. The fourth-order valence-electron chi connectivity index (χ4n) is 12.4. The molecule has 4 fully saturated rings. The monoisotopic (exact) mass is 759 g/mol. The predicted octanol–water partition coefficient (Wildman–Crippen LogP) is 2.10. The number of aliphatic hydroxyl groups is 4. The van der Waals surface area contributed by atoms with Gasteiger partial charge in [0.2, 0.25) is 6.29 Å². The first-order valence-electron chi connectivity index (χ1n) is 19.8. The van der Waals surface area contributed by atoms with Crippen molar-refractivity contribution in [3.63, 3.8) is 0 Å². The Morgan fingerprint density at radius 2 is 1.85 bits per heavy atom. The van der Waals surface area contributed by atoms with Gasteiger partial charge in [0.05, 0.1) is 43.5 Å². The Morgan fingerprint density at radius 1 is 1.07 bits per heavy atom. The fourth-order valence-corrected chi connectivity index (χ4v) is 12.4. The third-order valence-electron chi connectivity index (χ3n) is 15.0. The number of hydrogen-bond acceptors (Lipinski definition) is 13. The second-order valence-electron chi connectivity index (χ2n) is 17.5. The van der Waals surface area contributed by atoms with E-state index in [9.17, 15) is 35.1 Å². The van der Waals surface area contributed by atoms with Gasteiger partial charge in [0.25, 0.3) is 0 Å². The van der Waals surface area contributed by atoms with Crippen molar-refractivity contribution in [1.82, 2.24) is 4.90 Å². The Hall–Kier alpha value is -2.40. The predicted molar refractivity (Wildman–Crippen MR) is 189 cm³/mol. The maximum absolute atomic E-state index is 14.6. The van der Waals surface area contributed by atoms with E-state index in [4.69, 9.17) is 28.4 Å². The molecule has 1 saturated carbocycles. The molecule has 0 aromatic rings. The summed E-state index contributed by atoms with van der Waals surface area (Å²) in [4.78, 5) is 28.9. The number of aliphatic carboxylic acids is 1. The van der Waals surface area contributed by atoms with Gasteiger partial charge in [0, 0.05) is 49.3 Å². The van der Waals surface area contributed by atoms with Crippen LogP contribution in [-0.2, 0) is 38.0 Å². The van der Waals surface area contributed by atoms with Crippen molar-refractivity contribution in [1.29, 1.82) is 0 Å². The number of carboxylic acids is 1. The van der Waals surface area contributed by atoms with Crippen molar-refractivity contribution in [3.05, 3.63) is 34.6 Å². The lowest BCUT2D eigenvalue weighted by molar-refractivity contribution is -0.340. The molecule has 4 heterocycles. The number of likely N-dealkylation sites (tertiary alicyclic amines) is 1. The van der Waals surface area contributed by atoms with Gasteiger partial charge in [-0.15, -0.1) is 0 Å². The number of piperidine rings is 1. The first-order chi connectivity index (χ1) is 25.8. The number of carbonyl (C=O) groups excluding carboxylic acids is 1. The molecule has 0 radical (unpaired) electrons. The van der Waals surface area contributed by atoms with Crippen molar-refractivity contribution in [3.8, 4) is 0 Å². The number of ether oxygens (including phenoxy) is 6. The molecule has 8 aliphatic rings. The molecule has 0 aromatic carbocycles. The summed E-state index contributed by atoms with van der Waals surface area (Å²) < 4.78 is 36.7. The number of methoxy groups -OCH3 is 1. The topological polar surface area (TPSA) is 194 Å². The van der Waals surface area contributed by atoms with Crippen LogP contribution in [0.5, 0.6) is 0 Å². The maximum atomic E-state index is 14.6. The third kappa shape index (κ3) is 5.68. The van der Waals surface area contributed by atoms with E-state index in [1.165, 1.54) is 11.1 Å². The van der Waals surface area contributed by atoms with Gasteiger partial charge in [0.1, 0.15) is 18.3 Å². The molecule has 0 amide bonds. The quantitative estimate of drug-likeness (QED) is 0.170. The zero-order chi connectivity index (χ0) is 38.3. The number of allylic oxidation sites excluding steroid dienone is 2. The van der Waals surface area contributed by atoms with Gasteiger partial charge < -0.3 is 58.9 Å². The number of carboxylic acid groups (broad SMARTS) is 1. The van der Waals surface area contributed by atoms with E-state index in [0.29, 0.717) is 30.9 Å². The minimum absolute atomic E-state index is 0.0301. The van der Waals surface area contributed by atoms with Gasteiger partial charge >= 0.3 is 11.9 Å². The molecule has 2 spiro atoms. The summed E-state index contributed by atoms with van der Waals surface area (Å²) in [5, 5.41) is 53.0. The molecule has 0 unspecified atom stereocenters. The Morgan fingerprint density at radius 3 is 2.52 bits per heavy atom. The average Bonchev–Trinajstić information content (AvgIpc) is 3.86. The van der Waals surface area contributed by atoms with Crippen LogP contribution >= 0.6 is 0 Å². The first-order valence-corrected chi connectivity index (χ1v) is 19.8. The Kier molecular flexibility index (Phi) is 10.1. The van der Waals surface area contributed by atoms with Crippen LogP contribution in [0.4, 0.5) is 0 Å². The molecule has 4 aliphatic heterocycles. The summed E-state index contributed by atoms with van der Waals surface area (Å²) >= 11 is 0. The standard InChI is InChI=1S/C40H57NO13/c1-20(2)40(49-4)12-11-38(19-51-40)23-8-5-21-6-10-25-26(13-39(38,30(21)25)18-41(3)14-23)35(48)53-33-31(44)28(16-43)52-37(32(33)45)54-36-29-22(15-42)7-9-24(29)27(17-50-36)34(46)47/h7,17,20,23-26,28-29,31-33,36-37,42-45H,5-6,8-16,18-19H2,1-4H3,(H,46,47)/t23-,24-,25-,26-,28-,29-,31-,32-,33+,36+,37+,38+,39-,40-/m1/s1. The molecule has 4 aliphatic carbocycles. The van der Waals surface area contributed by atoms with Crippen LogP contribution in [0, 0.1) is 46.3 Å². The highest BCUT2D eigenvalue weighted by atomic mass is 16.8. The van der Waals surface area contributed by atoms with Crippen molar-refractivity contribution in [2.24, 2.45) is 46.3 Å². The summed E-state index contributed by atoms with van der Waals surface area (Å²) in [6, 6.07) is 0. The van der Waals surface area contributed by atoms with Crippen LogP contribution in [-0.4, -0.2) is 132 Å². The lowest BCUT2D eigenvalue weighted by atomic mass is 9.50. The van der Waals surface area contributed by atoms with E-state index < -0.39 is 79.1 Å². The molecule has 2 bridgehead atoms. The number of rotatable bonds is 9. The third-order valence-corrected chi connectivity index (χ3v) is 15.0. The van der Waals surface area contributed by atoms with Crippen LogP contribution < -0.4 is 0 Å². The number of aliphatic hydroxyl groups excluding tert-OH is 4. The zero-order valence-corrected chi connectivity index (χ0v) is 31.7. The highest BCUT2D eigenvalue weighted by molar-refractivity contribution is 5.87. The normalized spacial score (nSPS) is 45.8. The summed E-state index contributed by atoms with van der Waals surface area (Å²) in [5.41, 5.74) is 2.95. The summed E-state index contributed by atoms with van der Waals surface area (Å²) in [5.74, 6) is -3.51. The van der Waals surface area contributed by atoms with E-state index in [0.717, 1.165) is 57.9 Å². The minimum Gasteiger partial charge on any atom is -0.478 e. The minimum atomic E-state index is -1.67. The van der Waals surface area contributed by atoms with Crippen LogP contribution in [0.15, 0.2) is 34.6 Å². The molecule has 300 valence electrons. The Balaban J connectivity index is 1.06. The van der Waals surface area contributed by atoms with Gasteiger partial charge in [-0.1, -0.05) is 31.1 Å². The molecule has 14 atom stereocenters. The van der Waals surface area contributed by atoms with Gasteiger partial charge in [-0.25, -0.2) is 4.79 Å². The molecular formula is C40H57NO13. The smallest absolute Gasteiger partial charge is 0.335 e. The molecule has 54 heavy (non-hydrogen) atoms. The molecule has 14 nitrogen and oxygen atoms in total. The van der Waals surface area contributed by atoms with Crippen molar-refractivity contribution < 1.29 is 63.5 Å². The second kappa shape index (κ2) is 14.2. The van der Waals surface area contributed by atoms with Crippen molar-refractivity contribution >= 4 is 11.9 Å². The Bertz CT molecular complexity index is 1580. The molecule has 3 saturated heterocycles. The molecule has 5 N–H and O–H groups in total. The van der Waals surface area contributed by atoms with Crippen molar-refractivity contribution in [2.45, 2.75) is 108 Å². The number of fused-ring (bicyclic) bond motifs is 1. The van der Waals surface area contributed by atoms with Gasteiger partial charge in [-0.2, -0.15) is 0 Å². The number of carbonyl (C=O) groups is 2. The van der Waals surface area contributed by atoms with Crippen LogP contribution in [0.1, 0.15) is 65.2 Å². The van der Waals surface area contributed by atoms with Crippen LogP contribution in [0.25, 0.3) is 0 Å². The summed E-state index contributed by atoms with van der Waals surface area (Å²) in [6.45, 7) is 5.61. The van der Waals surface area contributed by atoms with Gasteiger partial charge in [0.15, 0.2) is 18.2 Å². The van der Waals surface area contributed by atoms with Gasteiger partial charge in [-0.3, -0.25) is 4.79 Å². The molecular weight excluding hydrogens is 702 g/mol. The van der Waals surface area contributed by atoms with E-state index in [-0.39, 0.29) is 34.8 Å². The first kappa shape index (κ1) is 38.5. The van der Waals surface area contributed by atoms with E-state index >= 15 is 0 Å². The van der Waals surface area contributed by atoms with E-state index in [1.807, 2.05) is 0 Å². The summed E-state index contributed by atoms with van der Waals surface area (Å²) in [7, 11) is 3.90.